The number of hydrogen-bond donors (Lipinski definition) is 1. The van der Waals surface area contributed by atoms with Crippen LogP contribution in [0, 0.1) is 0 Å². The van der Waals surface area contributed by atoms with Crippen molar-refractivity contribution < 1.29 is 0 Å². The summed E-state index contributed by atoms with van der Waals surface area (Å²) in [5, 5.41) is 3.44. The van der Waals surface area contributed by atoms with E-state index in [1.54, 1.807) is 0 Å². The third-order valence-corrected chi connectivity index (χ3v) is 2.66. The van der Waals surface area contributed by atoms with E-state index in [4.69, 9.17) is 0 Å². The summed E-state index contributed by atoms with van der Waals surface area (Å²) in [7, 11) is 0. The maximum absolute atomic E-state index is 3.44. The molecule has 1 aromatic carbocycles. The molecule has 0 saturated carbocycles. The van der Waals surface area contributed by atoms with Crippen LogP contribution in [0.5, 0.6) is 0 Å². The summed E-state index contributed by atoms with van der Waals surface area (Å²) in [4.78, 5) is 2.47. The second kappa shape index (κ2) is 5.13. The first kappa shape index (κ1) is 9.69. The van der Waals surface area contributed by atoms with E-state index in [9.17, 15) is 0 Å². The standard InChI is InChI=1S/C12H18N2/c1-2-6-12(7-3-1)10-14-9-5-4-8-13-11-14/h1-3,6-7,13H,4-5,8-11H2. The van der Waals surface area contributed by atoms with Crippen molar-refractivity contribution in [2.24, 2.45) is 0 Å². The van der Waals surface area contributed by atoms with Crippen LogP contribution >= 0.6 is 0 Å². The van der Waals surface area contributed by atoms with Gasteiger partial charge in [-0.3, -0.25) is 4.90 Å². The van der Waals surface area contributed by atoms with Crippen LogP contribution in [-0.2, 0) is 6.54 Å². The molecule has 1 aliphatic rings. The number of hydrogen-bond acceptors (Lipinski definition) is 2. The van der Waals surface area contributed by atoms with Crippen molar-refractivity contribution in [3.63, 3.8) is 0 Å². The molecule has 0 radical (unpaired) electrons. The minimum absolute atomic E-state index is 1.04. The average Bonchev–Trinajstić information content (AvgIpc) is 2.48. The molecule has 2 rings (SSSR count). The van der Waals surface area contributed by atoms with Gasteiger partial charge < -0.3 is 5.32 Å². The smallest absolute Gasteiger partial charge is 0.0483 e. The molecule has 1 N–H and O–H groups in total. The van der Waals surface area contributed by atoms with Gasteiger partial charge >= 0.3 is 0 Å². The predicted molar refractivity (Wildman–Crippen MR) is 59.0 cm³/mol. The van der Waals surface area contributed by atoms with Gasteiger partial charge in [-0.15, -0.1) is 0 Å². The lowest BCUT2D eigenvalue weighted by molar-refractivity contribution is 0.263. The molecule has 0 atom stereocenters. The van der Waals surface area contributed by atoms with Crippen LogP contribution in [0.3, 0.4) is 0 Å². The first-order valence-electron chi connectivity index (χ1n) is 5.42. The van der Waals surface area contributed by atoms with Gasteiger partial charge in [0, 0.05) is 13.2 Å². The highest BCUT2D eigenvalue weighted by Crippen LogP contribution is 2.06. The first-order valence-corrected chi connectivity index (χ1v) is 5.42. The van der Waals surface area contributed by atoms with Gasteiger partial charge in [-0.1, -0.05) is 30.3 Å². The van der Waals surface area contributed by atoms with Crippen LogP contribution in [0.15, 0.2) is 30.3 Å². The Morgan fingerprint density at radius 1 is 1.14 bits per heavy atom. The zero-order valence-electron chi connectivity index (χ0n) is 8.58. The van der Waals surface area contributed by atoms with Crippen LogP contribution < -0.4 is 5.32 Å². The van der Waals surface area contributed by atoms with Crippen molar-refractivity contribution in [1.82, 2.24) is 10.2 Å². The Morgan fingerprint density at radius 3 is 2.86 bits per heavy atom. The predicted octanol–water partition coefficient (Wildman–Crippen LogP) is 1.83. The fraction of sp³-hybridized carbons (Fsp3) is 0.500. The summed E-state index contributed by atoms with van der Waals surface area (Å²) in [6.07, 6.45) is 2.63. The topological polar surface area (TPSA) is 15.3 Å². The van der Waals surface area contributed by atoms with E-state index in [1.165, 1.54) is 31.5 Å². The van der Waals surface area contributed by atoms with Gasteiger partial charge in [0.2, 0.25) is 0 Å². The number of nitrogens with one attached hydrogen (secondary N) is 1. The molecule has 1 saturated heterocycles. The van der Waals surface area contributed by atoms with E-state index < -0.39 is 0 Å². The van der Waals surface area contributed by atoms with Crippen LogP contribution in [0.25, 0.3) is 0 Å². The van der Waals surface area contributed by atoms with E-state index in [-0.39, 0.29) is 0 Å². The molecule has 0 amide bonds. The summed E-state index contributed by atoms with van der Waals surface area (Å²) in [5.41, 5.74) is 1.41. The van der Waals surface area contributed by atoms with Gasteiger partial charge in [0.05, 0.1) is 0 Å². The second-order valence-corrected chi connectivity index (χ2v) is 3.90. The highest BCUT2D eigenvalue weighted by atomic mass is 15.2. The molecule has 1 aliphatic heterocycles. The summed E-state index contributed by atoms with van der Waals surface area (Å²) in [6, 6.07) is 10.7. The monoisotopic (exact) mass is 190 g/mol. The van der Waals surface area contributed by atoms with Gasteiger partial charge in [0.1, 0.15) is 0 Å². The van der Waals surface area contributed by atoms with Crippen LogP contribution in [0.2, 0.25) is 0 Å². The molecule has 0 unspecified atom stereocenters. The van der Waals surface area contributed by atoms with Gasteiger partial charge in [-0.25, -0.2) is 0 Å². The summed E-state index contributed by atoms with van der Waals surface area (Å²) in [6.45, 7) is 4.51. The highest BCUT2D eigenvalue weighted by Gasteiger charge is 2.07. The maximum Gasteiger partial charge on any atom is 0.0483 e. The fourth-order valence-electron chi connectivity index (χ4n) is 1.88. The SMILES string of the molecule is c1ccc(CN2CCCCNC2)cc1. The minimum atomic E-state index is 1.04. The molecule has 2 nitrogen and oxygen atoms in total. The Kier molecular flexibility index (Phi) is 3.55. The normalized spacial score (nSPS) is 19.1. The van der Waals surface area contributed by atoms with Gasteiger partial charge in [0.15, 0.2) is 0 Å². The quantitative estimate of drug-likeness (QED) is 0.765. The maximum atomic E-state index is 3.44. The van der Waals surface area contributed by atoms with Crippen molar-refractivity contribution in [3.05, 3.63) is 35.9 Å². The summed E-state index contributed by atoms with van der Waals surface area (Å²) >= 11 is 0. The molecule has 1 fully saturated rings. The molecule has 0 aromatic heterocycles. The molecule has 1 aromatic rings. The van der Waals surface area contributed by atoms with Crippen LogP contribution in [-0.4, -0.2) is 24.7 Å². The third kappa shape index (κ3) is 2.82. The second-order valence-electron chi connectivity index (χ2n) is 3.90. The lowest BCUT2D eigenvalue weighted by atomic mass is 10.2. The minimum Gasteiger partial charge on any atom is -0.304 e. The number of nitrogens with zero attached hydrogens (tertiary/aromatic N) is 1. The van der Waals surface area contributed by atoms with Crippen molar-refractivity contribution in [2.75, 3.05) is 19.8 Å². The molecule has 0 spiro atoms. The molecule has 2 heteroatoms. The van der Waals surface area contributed by atoms with E-state index in [1.807, 2.05) is 0 Å². The third-order valence-electron chi connectivity index (χ3n) is 2.66. The number of benzene rings is 1. The molecule has 0 aliphatic carbocycles. The van der Waals surface area contributed by atoms with Crippen molar-refractivity contribution >= 4 is 0 Å². The molecule has 76 valence electrons. The lowest BCUT2D eigenvalue weighted by Crippen LogP contribution is -2.31. The molecular weight excluding hydrogens is 172 g/mol. The molecule has 0 bridgehead atoms. The zero-order valence-corrected chi connectivity index (χ0v) is 8.58. The Morgan fingerprint density at radius 2 is 2.00 bits per heavy atom. The Bertz CT molecular complexity index is 250. The van der Waals surface area contributed by atoms with E-state index in [0.717, 1.165) is 13.2 Å². The van der Waals surface area contributed by atoms with Crippen molar-refractivity contribution in [2.45, 2.75) is 19.4 Å². The largest absolute Gasteiger partial charge is 0.304 e. The van der Waals surface area contributed by atoms with E-state index in [2.05, 4.69) is 40.5 Å². The molecular formula is C12H18N2. The van der Waals surface area contributed by atoms with Gasteiger partial charge in [-0.05, 0) is 31.5 Å². The Hall–Kier alpha value is -0.860. The van der Waals surface area contributed by atoms with Gasteiger partial charge in [0.25, 0.3) is 0 Å². The molecule has 1 heterocycles. The molecule has 14 heavy (non-hydrogen) atoms. The van der Waals surface area contributed by atoms with Crippen LogP contribution in [0.4, 0.5) is 0 Å². The first-order chi connectivity index (χ1) is 6.95. The Balaban J connectivity index is 1.90. The van der Waals surface area contributed by atoms with Crippen LogP contribution in [0.1, 0.15) is 18.4 Å². The van der Waals surface area contributed by atoms with E-state index in [0.29, 0.717) is 0 Å². The lowest BCUT2D eigenvalue weighted by Gasteiger charge is -2.19. The Labute approximate surface area is 85.9 Å². The van der Waals surface area contributed by atoms with Crippen molar-refractivity contribution in [3.8, 4) is 0 Å². The average molecular weight is 190 g/mol. The highest BCUT2D eigenvalue weighted by molar-refractivity contribution is 5.14. The number of rotatable bonds is 2. The van der Waals surface area contributed by atoms with E-state index >= 15 is 0 Å². The zero-order chi connectivity index (χ0) is 9.64. The summed E-state index contributed by atoms with van der Waals surface area (Å²) in [5.74, 6) is 0. The fourth-order valence-corrected chi connectivity index (χ4v) is 1.88. The van der Waals surface area contributed by atoms with Gasteiger partial charge in [-0.2, -0.15) is 0 Å². The summed E-state index contributed by atoms with van der Waals surface area (Å²) < 4.78 is 0. The van der Waals surface area contributed by atoms with Crippen molar-refractivity contribution in [1.29, 1.82) is 0 Å².